The Morgan fingerprint density at radius 2 is 2.00 bits per heavy atom. The van der Waals surface area contributed by atoms with Gasteiger partial charge in [-0.15, -0.1) is 0 Å². The lowest BCUT2D eigenvalue weighted by Crippen LogP contribution is -2.20. The van der Waals surface area contributed by atoms with Crippen LogP contribution in [0.1, 0.15) is 11.1 Å². The van der Waals surface area contributed by atoms with Crippen molar-refractivity contribution in [2.45, 2.75) is 13.8 Å². The van der Waals surface area contributed by atoms with Gasteiger partial charge in [-0.25, -0.2) is 9.78 Å². The maximum absolute atomic E-state index is 12.1. The Balaban J connectivity index is 1.47. The Morgan fingerprint density at radius 1 is 1.19 bits per heavy atom. The van der Waals surface area contributed by atoms with E-state index in [2.05, 4.69) is 15.3 Å². The highest BCUT2D eigenvalue weighted by atomic mass is 16.5. The molecule has 0 fully saturated rings. The molecule has 2 aromatic heterocycles. The number of ether oxygens (including phenoxy) is 1. The first-order valence-corrected chi connectivity index (χ1v) is 8.43. The third-order valence-corrected chi connectivity index (χ3v) is 4.45. The van der Waals surface area contributed by atoms with Gasteiger partial charge in [0.2, 0.25) is 5.95 Å². The molecule has 0 radical (unpaired) electrons. The first-order chi connectivity index (χ1) is 13.0. The molecule has 4 aromatic rings. The molecule has 0 unspecified atom stereocenters. The number of aryl methyl sites for hydroxylation is 1. The van der Waals surface area contributed by atoms with Crippen LogP contribution in [0.25, 0.3) is 22.0 Å². The molecule has 7 heteroatoms. The average molecular weight is 363 g/mol. The van der Waals surface area contributed by atoms with Crippen LogP contribution in [-0.4, -0.2) is 22.5 Å². The quantitative estimate of drug-likeness (QED) is 0.542. The van der Waals surface area contributed by atoms with E-state index in [4.69, 9.17) is 9.15 Å². The molecule has 2 aromatic carbocycles. The van der Waals surface area contributed by atoms with Crippen LogP contribution in [0.2, 0.25) is 0 Å². The maximum atomic E-state index is 12.1. The summed E-state index contributed by atoms with van der Waals surface area (Å²) >= 11 is 0. The minimum absolute atomic E-state index is 0.197. The highest BCUT2D eigenvalue weighted by Crippen LogP contribution is 2.24. The van der Waals surface area contributed by atoms with Crippen molar-refractivity contribution in [3.63, 3.8) is 0 Å². The third kappa shape index (κ3) is 3.27. The molecule has 27 heavy (non-hydrogen) atoms. The summed E-state index contributed by atoms with van der Waals surface area (Å²) in [7, 11) is 0. The monoisotopic (exact) mass is 363 g/mol. The number of carbonyl (C=O) groups is 1. The predicted octanol–water partition coefficient (Wildman–Crippen LogP) is 3.30. The summed E-state index contributed by atoms with van der Waals surface area (Å²) in [4.78, 5) is 31.2. The number of H-pyrrole nitrogens is 1. The Hall–Kier alpha value is -3.61. The van der Waals surface area contributed by atoms with Crippen LogP contribution in [0.3, 0.4) is 0 Å². The van der Waals surface area contributed by atoms with Gasteiger partial charge in [-0.3, -0.25) is 10.1 Å². The normalized spacial score (nSPS) is 11.0. The van der Waals surface area contributed by atoms with E-state index < -0.39 is 0 Å². The van der Waals surface area contributed by atoms with Crippen LogP contribution in [0.4, 0.5) is 5.95 Å². The lowest BCUT2D eigenvalue weighted by molar-refractivity contribution is -0.118. The second-order valence-corrected chi connectivity index (χ2v) is 6.24. The van der Waals surface area contributed by atoms with Crippen molar-refractivity contribution in [1.29, 1.82) is 0 Å². The standard InChI is InChI=1S/C20H17N3O4/c1-11-12(2)19(25)27-17-9-13(7-8-14(11)17)26-10-18(24)23-20-21-15-5-3-4-6-16(15)22-20/h3-9H,10H2,1-2H3,(H2,21,22,23,24). The Morgan fingerprint density at radius 3 is 2.81 bits per heavy atom. The van der Waals surface area contributed by atoms with E-state index in [1.807, 2.05) is 37.3 Å². The first-order valence-electron chi connectivity index (χ1n) is 8.43. The van der Waals surface area contributed by atoms with Crippen molar-refractivity contribution >= 4 is 33.9 Å². The summed E-state index contributed by atoms with van der Waals surface area (Å²) in [6.45, 7) is 3.40. The molecule has 7 nitrogen and oxygen atoms in total. The van der Waals surface area contributed by atoms with Gasteiger partial charge >= 0.3 is 5.63 Å². The van der Waals surface area contributed by atoms with Crippen LogP contribution >= 0.6 is 0 Å². The van der Waals surface area contributed by atoms with Crippen LogP contribution < -0.4 is 15.7 Å². The number of hydrogen-bond acceptors (Lipinski definition) is 5. The van der Waals surface area contributed by atoms with Gasteiger partial charge in [-0.1, -0.05) is 12.1 Å². The lowest BCUT2D eigenvalue weighted by atomic mass is 10.1. The summed E-state index contributed by atoms with van der Waals surface area (Å²) in [6, 6.07) is 12.6. The summed E-state index contributed by atoms with van der Waals surface area (Å²) in [5.41, 5.74) is 3.11. The van der Waals surface area contributed by atoms with Crippen LogP contribution in [0.5, 0.6) is 5.75 Å². The number of amides is 1. The summed E-state index contributed by atoms with van der Waals surface area (Å²) < 4.78 is 10.8. The molecule has 0 bridgehead atoms. The number of para-hydroxylation sites is 2. The topological polar surface area (TPSA) is 97.2 Å². The van der Waals surface area contributed by atoms with Gasteiger partial charge in [-0.05, 0) is 43.7 Å². The minimum Gasteiger partial charge on any atom is -0.484 e. The third-order valence-electron chi connectivity index (χ3n) is 4.45. The zero-order valence-corrected chi connectivity index (χ0v) is 14.8. The maximum Gasteiger partial charge on any atom is 0.339 e. The SMILES string of the molecule is Cc1c(C)c2ccc(OCC(=O)Nc3nc4ccccc4[nH]3)cc2oc1=O. The highest BCUT2D eigenvalue weighted by molar-refractivity contribution is 5.92. The predicted molar refractivity (Wildman–Crippen MR) is 102 cm³/mol. The molecule has 0 saturated heterocycles. The molecule has 4 rings (SSSR count). The van der Waals surface area contributed by atoms with Gasteiger partial charge in [0.05, 0.1) is 11.0 Å². The number of imidazole rings is 1. The molecular weight excluding hydrogens is 346 g/mol. The number of rotatable bonds is 4. The van der Waals surface area contributed by atoms with E-state index in [1.54, 1.807) is 19.1 Å². The first kappa shape index (κ1) is 16.8. The van der Waals surface area contributed by atoms with Crippen LogP contribution in [0, 0.1) is 13.8 Å². The Bertz CT molecular complexity index is 1190. The summed E-state index contributed by atoms with van der Waals surface area (Å²) in [5, 5.41) is 3.50. The van der Waals surface area contributed by atoms with Crippen molar-refractivity contribution in [1.82, 2.24) is 9.97 Å². The molecule has 0 aliphatic carbocycles. The second kappa shape index (κ2) is 6.60. The molecule has 0 saturated carbocycles. The molecule has 0 aliphatic heterocycles. The molecule has 2 heterocycles. The van der Waals surface area contributed by atoms with E-state index in [0.29, 0.717) is 22.8 Å². The molecule has 0 spiro atoms. The number of carbonyl (C=O) groups excluding carboxylic acids is 1. The van der Waals surface area contributed by atoms with Gasteiger partial charge in [-0.2, -0.15) is 0 Å². The summed E-state index contributed by atoms with van der Waals surface area (Å²) in [5.74, 6) is 0.449. The summed E-state index contributed by atoms with van der Waals surface area (Å²) in [6.07, 6.45) is 0. The zero-order chi connectivity index (χ0) is 19.0. The fourth-order valence-corrected chi connectivity index (χ4v) is 2.85. The highest BCUT2D eigenvalue weighted by Gasteiger charge is 2.10. The lowest BCUT2D eigenvalue weighted by Gasteiger charge is -2.08. The average Bonchev–Trinajstić information content (AvgIpc) is 3.06. The largest absolute Gasteiger partial charge is 0.484 e. The van der Waals surface area contributed by atoms with Crippen molar-refractivity contribution < 1.29 is 13.9 Å². The molecule has 0 aliphatic rings. The van der Waals surface area contributed by atoms with Gasteiger partial charge in [0.1, 0.15) is 11.3 Å². The van der Waals surface area contributed by atoms with Crippen molar-refractivity contribution in [2.75, 3.05) is 11.9 Å². The Labute approximate surface area is 154 Å². The number of benzene rings is 2. The fraction of sp³-hybridized carbons (Fsp3) is 0.150. The fourth-order valence-electron chi connectivity index (χ4n) is 2.85. The van der Waals surface area contributed by atoms with E-state index in [-0.39, 0.29) is 18.1 Å². The van der Waals surface area contributed by atoms with E-state index in [9.17, 15) is 9.59 Å². The molecule has 136 valence electrons. The second-order valence-electron chi connectivity index (χ2n) is 6.24. The number of hydrogen-bond donors (Lipinski definition) is 2. The molecule has 1 amide bonds. The number of aromatic nitrogens is 2. The van der Waals surface area contributed by atoms with Crippen LogP contribution in [-0.2, 0) is 4.79 Å². The number of fused-ring (bicyclic) bond motifs is 2. The van der Waals surface area contributed by atoms with Gasteiger partial charge in [0.15, 0.2) is 6.61 Å². The number of anilines is 1. The van der Waals surface area contributed by atoms with E-state index in [1.165, 1.54) is 0 Å². The van der Waals surface area contributed by atoms with Gasteiger partial charge in [0, 0.05) is 17.0 Å². The molecule has 2 N–H and O–H groups in total. The van der Waals surface area contributed by atoms with Crippen LogP contribution in [0.15, 0.2) is 51.7 Å². The minimum atomic E-state index is -0.375. The van der Waals surface area contributed by atoms with E-state index in [0.717, 1.165) is 22.0 Å². The smallest absolute Gasteiger partial charge is 0.339 e. The number of nitrogens with zero attached hydrogens (tertiary/aromatic N) is 1. The zero-order valence-electron chi connectivity index (χ0n) is 14.8. The van der Waals surface area contributed by atoms with Crippen molar-refractivity contribution in [2.24, 2.45) is 0 Å². The van der Waals surface area contributed by atoms with Gasteiger partial charge < -0.3 is 14.1 Å². The molecule has 0 atom stereocenters. The number of nitrogens with one attached hydrogen (secondary N) is 2. The Kier molecular flexibility index (Phi) is 4.12. The van der Waals surface area contributed by atoms with Gasteiger partial charge in [0.25, 0.3) is 5.91 Å². The molecular formula is C20H17N3O4. The van der Waals surface area contributed by atoms with Crippen molar-refractivity contribution in [3.05, 3.63) is 64.0 Å². The van der Waals surface area contributed by atoms with Crippen molar-refractivity contribution in [3.8, 4) is 5.75 Å². The number of aromatic amines is 1. The van der Waals surface area contributed by atoms with E-state index >= 15 is 0 Å².